The Kier molecular flexibility index (Phi) is 8.70. The lowest BCUT2D eigenvalue weighted by Gasteiger charge is -2.00. The van der Waals surface area contributed by atoms with Gasteiger partial charge in [-0.2, -0.15) is 0 Å². The van der Waals surface area contributed by atoms with Crippen LogP contribution in [0.1, 0.15) is 72.5 Å². The molecule has 0 bridgehead atoms. The van der Waals surface area contributed by atoms with E-state index in [0.717, 1.165) is 38.5 Å². The largest absolute Gasteiger partial charge is 0.481 e. The highest BCUT2D eigenvalue weighted by atomic mass is 16.4. The highest BCUT2D eigenvalue weighted by Crippen LogP contribution is 2.10. The first-order valence-corrected chi connectivity index (χ1v) is 5.80. The number of rotatable bonds is 10. The van der Waals surface area contributed by atoms with E-state index in [1.54, 1.807) is 0 Å². The van der Waals surface area contributed by atoms with Gasteiger partial charge in [-0.1, -0.05) is 58.3 Å². The zero-order valence-electron chi connectivity index (χ0n) is 10.3. The molecule has 0 rings (SSSR count). The molecule has 2 nitrogen and oxygen atoms in total. The van der Waals surface area contributed by atoms with E-state index in [0.29, 0.717) is 6.42 Å². The second kappa shape index (κ2) is 10.6. The number of hydrogen-bond acceptors (Lipinski definition) is 1. The molecular formula is C12H24O2. The van der Waals surface area contributed by atoms with Gasteiger partial charge in [-0.3, -0.25) is 4.79 Å². The van der Waals surface area contributed by atoms with Crippen molar-refractivity contribution in [3.8, 4) is 0 Å². The second-order valence-corrected chi connectivity index (χ2v) is 3.75. The average molecular weight is 201 g/mol. The monoisotopic (exact) mass is 201 g/mol. The maximum absolute atomic E-state index is 10.2. The summed E-state index contributed by atoms with van der Waals surface area (Å²) in [6.07, 6.45) is 8.93. The van der Waals surface area contributed by atoms with Crippen LogP contribution in [-0.2, 0) is 4.79 Å². The fraction of sp³-hybridized carbons (Fsp3) is 0.917. The van der Waals surface area contributed by atoms with Gasteiger partial charge in [0, 0.05) is 7.79 Å². The van der Waals surface area contributed by atoms with Crippen LogP contribution in [0.2, 0.25) is 0 Å². The van der Waals surface area contributed by atoms with Crippen molar-refractivity contribution in [3.63, 3.8) is 0 Å². The van der Waals surface area contributed by atoms with Crippen LogP contribution in [0.25, 0.3) is 0 Å². The van der Waals surface area contributed by atoms with Crippen molar-refractivity contribution in [1.82, 2.24) is 0 Å². The average Bonchev–Trinajstić information content (AvgIpc) is 2.21. The van der Waals surface area contributed by atoms with E-state index in [-0.39, 0.29) is 6.40 Å². The summed E-state index contributed by atoms with van der Waals surface area (Å²) < 4.78 is 7.55. The van der Waals surface area contributed by atoms with Gasteiger partial charge in [0.2, 0.25) is 0 Å². The lowest BCUT2D eigenvalue weighted by molar-refractivity contribution is -0.137. The molecule has 0 radical (unpaired) electrons. The fourth-order valence-corrected chi connectivity index (χ4v) is 1.48. The lowest BCUT2D eigenvalue weighted by Crippen LogP contribution is -1.93. The van der Waals surface area contributed by atoms with Crippen molar-refractivity contribution >= 4 is 5.97 Å². The van der Waals surface area contributed by atoms with E-state index in [1.165, 1.54) is 12.8 Å². The van der Waals surface area contributed by atoms with Crippen molar-refractivity contribution in [1.29, 1.82) is 0 Å². The standard InChI is InChI=1S/C12H24O2/c1-2-3-4-5-6-7-8-9-10-11-12(13)14/h2-11H2,1H3,(H,13,14)/i3D. The highest BCUT2D eigenvalue weighted by Gasteiger charge is 1.96. The molecule has 0 saturated carbocycles. The van der Waals surface area contributed by atoms with E-state index in [9.17, 15) is 4.79 Å². The van der Waals surface area contributed by atoms with Crippen LogP contribution >= 0.6 is 0 Å². The molecule has 2 heteroatoms. The first-order valence-electron chi connectivity index (χ1n) is 6.38. The van der Waals surface area contributed by atoms with Gasteiger partial charge in [-0.05, 0) is 6.42 Å². The zero-order valence-corrected chi connectivity index (χ0v) is 9.30. The molecule has 0 aliphatic carbocycles. The normalized spacial score (nSPS) is 13.6. The van der Waals surface area contributed by atoms with Crippen LogP contribution in [0, 0.1) is 0 Å². The van der Waals surface area contributed by atoms with E-state index >= 15 is 0 Å². The maximum Gasteiger partial charge on any atom is 0.303 e. The van der Waals surface area contributed by atoms with Crippen LogP contribution in [0.5, 0.6) is 0 Å². The third kappa shape index (κ3) is 11.5. The smallest absolute Gasteiger partial charge is 0.303 e. The Balaban J connectivity index is 3.02. The second-order valence-electron chi connectivity index (χ2n) is 3.75. The van der Waals surface area contributed by atoms with Gasteiger partial charge in [-0.15, -0.1) is 0 Å². The van der Waals surface area contributed by atoms with Crippen molar-refractivity contribution < 1.29 is 11.3 Å². The minimum absolute atomic E-state index is 0.122. The molecule has 0 aliphatic heterocycles. The lowest BCUT2D eigenvalue weighted by atomic mass is 10.1. The molecule has 1 atom stereocenters. The topological polar surface area (TPSA) is 37.3 Å². The molecule has 1 unspecified atom stereocenters. The van der Waals surface area contributed by atoms with Gasteiger partial charge in [0.05, 0.1) is 0 Å². The predicted octanol–water partition coefficient (Wildman–Crippen LogP) is 3.99. The summed E-state index contributed by atoms with van der Waals surface area (Å²) in [5.41, 5.74) is 0. The van der Waals surface area contributed by atoms with E-state index < -0.39 is 5.97 Å². The van der Waals surface area contributed by atoms with E-state index in [2.05, 4.69) is 6.92 Å². The van der Waals surface area contributed by atoms with Crippen LogP contribution in [0.3, 0.4) is 0 Å². The van der Waals surface area contributed by atoms with Gasteiger partial charge in [-0.25, -0.2) is 0 Å². The first kappa shape index (κ1) is 11.5. The number of carboxylic acid groups (broad SMARTS) is 1. The Morgan fingerprint density at radius 2 is 1.57 bits per heavy atom. The van der Waals surface area contributed by atoms with E-state index in [4.69, 9.17) is 6.48 Å². The minimum atomic E-state index is -0.685. The van der Waals surface area contributed by atoms with Gasteiger partial charge >= 0.3 is 5.97 Å². The Morgan fingerprint density at radius 1 is 1.07 bits per heavy atom. The molecule has 0 fully saturated rings. The van der Waals surface area contributed by atoms with Crippen molar-refractivity contribution in [2.45, 2.75) is 71.1 Å². The zero-order chi connectivity index (χ0) is 11.5. The third-order valence-electron chi connectivity index (χ3n) is 2.34. The molecule has 0 amide bonds. The number of aliphatic carboxylic acids is 1. The van der Waals surface area contributed by atoms with Crippen molar-refractivity contribution in [3.05, 3.63) is 0 Å². The molecular weight excluding hydrogens is 176 g/mol. The summed E-state index contributed by atoms with van der Waals surface area (Å²) in [6.45, 7) is 2.06. The molecule has 0 spiro atoms. The number of unbranched alkanes of at least 4 members (excludes halogenated alkanes) is 5. The molecule has 14 heavy (non-hydrogen) atoms. The Hall–Kier alpha value is -0.530. The summed E-state index contributed by atoms with van der Waals surface area (Å²) >= 11 is 0. The Morgan fingerprint density at radius 3 is 2.07 bits per heavy atom. The predicted molar refractivity (Wildman–Crippen MR) is 59.5 cm³/mol. The van der Waals surface area contributed by atoms with Crippen LogP contribution < -0.4 is 0 Å². The number of hydrogen-bond donors (Lipinski definition) is 1. The molecule has 0 aliphatic rings. The molecule has 0 aromatic heterocycles. The molecule has 0 heterocycles. The van der Waals surface area contributed by atoms with Crippen LogP contribution in [0.4, 0.5) is 0 Å². The molecule has 84 valence electrons. The quantitative estimate of drug-likeness (QED) is 0.542. The Labute approximate surface area is 89.1 Å². The summed E-state index contributed by atoms with van der Waals surface area (Å²) in [4.78, 5) is 10.2. The van der Waals surface area contributed by atoms with Gasteiger partial charge in [0.25, 0.3) is 0 Å². The summed E-state index contributed by atoms with van der Waals surface area (Å²) in [5.74, 6) is -0.685. The van der Waals surface area contributed by atoms with Crippen molar-refractivity contribution in [2.24, 2.45) is 0 Å². The summed E-state index contributed by atoms with van der Waals surface area (Å²) in [7, 11) is 0. The molecule has 0 saturated heterocycles. The fourth-order valence-electron chi connectivity index (χ4n) is 1.48. The summed E-state index contributed by atoms with van der Waals surface area (Å²) in [5, 5.41) is 8.42. The van der Waals surface area contributed by atoms with Gasteiger partial charge < -0.3 is 5.11 Å². The van der Waals surface area contributed by atoms with E-state index in [1.807, 2.05) is 0 Å². The summed E-state index contributed by atoms with van der Waals surface area (Å²) in [6, 6.07) is 0. The Bertz CT molecular complexity index is 160. The van der Waals surface area contributed by atoms with Crippen LogP contribution in [0.15, 0.2) is 0 Å². The highest BCUT2D eigenvalue weighted by molar-refractivity contribution is 5.66. The first-order chi connectivity index (χ1) is 7.16. The van der Waals surface area contributed by atoms with Gasteiger partial charge in [0.1, 0.15) is 0 Å². The minimum Gasteiger partial charge on any atom is -0.481 e. The van der Waals surface area contributed by atoms with Crippen molar-refractivity contribution in [2.75, 3.05) is 0 Å². The SMILES string of the molecule is [2H]C(CC)CCCCCCCCC(=O)O. The number of carboxylic acids is 1. The van der Waals surface area contributed by atoms with Crippen LogP contribution in [-0.4, -0.2) is 11.1 Å². The third-order valence-corrected chi connectivity index (χ3v) is 2.34. The maximum atomic E-state index is 10.2. The molecule has 0 aromatic rings. The van der Waals surface area contributed by atoms with Gasteiger partial charge in [0.15, 0.2) is 0 Å². The molecule has 1 N–H and O–H groups in total. The molecule has 0 aromatic carbocycles. The number of carbonyl (C=O) groups is 1.